The smallest absolute Gasteiger partial charge is 0.325 e. The Bertz CT molecular complexity index is 1650. The normalized spacial score (nSPS) is 20.6. The third-order valence-electron chi connectivity index (χ3n) is 10.8. The Morgan fingerprint density at radius 2 is 1.61 bits per heavy atom. The molecule has 1 fully saturated rings. The summed E-state index contributed by atoms with van der Waals surface area (Å²) < 4.78 is 0. The van der Waals surface area contributed by atoms with E-state index >= 15 is 0 Å². The molecule has 0 saturated heterocycles. The zero-order chi connectivity index (χ0) is 36.5. The number of carbonyl (C=O) groups is 3. The van der Waals surface area contributed by atoms with Crippen LogP contribution in [-0.4, -0.2) is 44.9 Å². The van der Waals surface area contributed by atoms with Gasteiger partial charge in [-0.1, -0.05) is 96.6 Å². The van der Waals surface area contributed by atoms with Crippen LogP contribution in [0.25, 0.3) is 17.0 Å². The van der Waals surface area contributed by atoms with Crippen molar-refractivity contribution in [2.75, 3.05) is 0 Å². The summed E-state index contributed by atoms with van der Waals surface area (Å²) in [6, 6.07) is 9.25. The summed E-state index contributed by atoms with van der Waals surface area (Å²) in [7, 11) is 0. The standard InChI is InChI=1S/C42H56N4O4S/c1-6-7-8-9-28-10-14-30(15-11-28)31-18-20-32(21-19-31)34-25-43-38(44-26-34)33-16-12-29(13-17-33)24-35(39(47)45-27(2)41(49)50)46-40(48)36-22-23-37(51-36)42(3,4)5/h12-13,16-17,20,22-23,25-28,30-31,35H,6-11,14-15,18-19,21,24H2,1-5H3,(H,45,47)(H,46,48)(H,49,50)/t27-,28?,30?,31?,35+/m1/s1. The number of aromatic nitrogens is 2. The summed E-state index contributed by atoms with van der Waals surface area (Å²) in [6.07, 6.45) is 21.1. The first-order valence-electron chi connectivity index (χ1n) is 19.0. The number of hydrogen-bond acceptors (Lipinski definition) is 6. The minimum absolute atomic E-state index is 0.106. The number of amides is 2. The fourth-order valence-electron chi connectivity index (χ4n) is 7.52. The van der Waals surface area contributed by atoms with Gasteiger partial charge in [0.25, 0.3) is 5.91 Å². The molecule has 1 unspecified atom stereocenters. The lowest BCUT2D eigenvalue weighted by molar-refractivity contribution is -0.141. The third kappa shape index (κ3) is 10.6. The Morgan fingerprint density at radius 1 is 0.902 bits per heavy atom. The highest BCUT2D eigenvalue weighted by Crippen LogP contribution is 2.42. The van der Waals surface area contributed by atoms with E-state index in [1.54, 1.807) is 6.07 Å². The lowest BCUT2D eigenvalue weighted by atomic mass is 9.70. The van der Waals surface area contributed by atoms with Gasteiger partial charge in [0.2, 0.25) is 5.91 Å². The van der Waals surface area contributed by atoms with Crippen LogP contribution in [0.15, 0.2) is 54.9 Å². The molecule has 5 rings (SSSR count). The van der Waals surface area contributed by atoms with Crippen molar-refractivity contribution in [2.24, 2.45) is 17.8 Å². The van der Waals surface area contributed by atoms with Gasteiger partial charge in [0.1, 0.15) is 12.1 Å². The van der Waals surface area contributed by atoms with Gasteiger partial charge in [-0.3, -0.25) is 14.4 Å². The van der Waals surface area contributed by atoms with Crippen LogP contribution in [-0.2, 0) is 21.4 Å². The molecular formula is C42H56N4O4S. The van der Waals surface area contributed by atoms with Crippen LogP contribution in [0.4, 0.5) is 0 Å². The highest BCUT2D eigenvalue weighted by Gasteiger charge is 2.29. The predicted molar refractivity (Wildman–Crippen MR) is 206 cm³/mol. The lowest BCUT2D eigenvalue weighted by Crippen LogP contribution is -2.51. The molecule has 3 atom stereocenters. The van der Waals surface area contributed by atoms with Gasteiger partial charge in [0, 0.05) is 34.8 Å². The number of carboxylic acids is 1. The molecule has 2 aromatic heterocycles. The van der Waals surface area contributed by atoms with E-state index in [0.29, 0.717) is 10.7 Å². The number of unbranched alkanes of at least 4 members (excludes halogenated alkanes) is 2. The zero-order valence-corrected chi connectivity index (χ0v) is 31.9. The van der Waals surface area contributed by atoms with Crippen molar-refractivity contribution in [1.29, 1.82) is 0 Å². The van der Waals surface area contributed by atoms with Gasteiger partial charge >= 0.3 is 5.97 Å². The van der Waals surface area contributed by atoms with Crippen molar-refractivity contribution in [3.05, 3.63) is 75.7 Å². The Balaban J connectivity index is 1.18. The van der Waals surface area contributed by atoms with Crippen LogP contribution in [0.3, 0.4) is 0 Å². The maximum absolute atomic E-state index is 13.2. The van der Waals surface area contributed by atoms with E-state index in [-0.39, 0.29) is 17.7 Å². The van der Waals surface area contributed by atoms with Crippen LogP contribution in [0.1, 0.15) is 131 Å². The van der Waals surface area contributed by atoms with Gasteiger partial charge in [0.05, 0.1) is 4.88 Å². The molecule has 0 aliphatic heterocycles. The second kappa shape index (κ2) is 17.6. The SMILES string of the molecule is CCCCCC1CCC(C2CC=C(c3cnc(-c4ccc(C[C@H](NC(=O)c5ccc(C(C)(C)C)s5)C(=O)N[C@H](C)C(=O)O)cc4)nc3)CC2)CC1. The number of nitrogens with zero attached hydrogens (tertiary/aromatic N) is 2. The maximum Gasteiger partial charge on any atom is 0.325 e. The first-order chi connectivity index (χ1) is 24.4. The number of aliphatic carboxylic acids is 1. The molecule has 2 amide bonds. The van der Waals surface area contributed by atoms with Crippen LogP contribution >= 0.6 is 11.3 Å². The van der Waals surface area contributed by atoms with Crippen molar-refractivity contribution in [2.45, 2.75) is 129 Å². The number of carbonyl (C=O) groups excluding carboxylic acids is 2. The van der Waals surface area contributed by atoms with Crippen molar-refractivity contribution in [3.8, 4) is 11.4 Å². The number of nitrogens with one attached hydrogen (secondary N) is 2. The van der Waals surface area contributed by atoms with Crippen LogP contribution in [0.2, 0.25) is 0 Å². The van der Waals surface area contributed by atoms with Gasteiger partial charge < -0.3 is 15.7 Å². The fourth-order valence-corrected chi connectivity index (χ4v) is 8.49. The molecular weight excluding hydrogens is 657 g/mol. The average Bonchev–Trinajstić information content (AvgIpc) is 3.64. The first-order valence-corrected chi connectivity index (χ1v) is 19.8. The summed E-state index contributed by atoms with van der Waals surface area (Å²) >= 11 is 1.39. The molecule has 274 valence electrons. The molecule has 8 nitrogen and oxygen atoms in total. The molecule has 1 saturated carbocycles. The van der Waals surface area contributed by atoms with E-state index in [1.165, 1.54) is 81.6 Å². The molecule has 51 heavy (non-hydrogen) atoms. The summed E-state index contributed by atoms with van der Waals surface area (Å²) in [4.78, 5) is 48.8. The number of thiophene rings is 1. The Morgan fingerprint density at radius 3 is 2.20 bits per heavy atom. The quantitative estimate of drug-likeness (QED) is 0.144. The number of rotatable bonds is 14. The minimum atomic E-state index is -1.15. The lowest BCUT2D eigenvalue weighted by Gasteiger charge is -2.35. The number of allylic oxidation sites excluding steroid dienone is 2. The third-order valence-corrected chi connectivity index (χ3v) is 12.3. The second-order valence-corrected chi connectivity index (χ2v) is 16.8. The molecule has 0 radical (unpaired) electrons. The van der Waals surface area contributed by atoms with Crippen molar-refractivity contribution in [3.63, 3.8) is 0 Å². The monoisotopic (exact) mass is 712 g/mol. The van der Waals surface area contributed by atoms with E-state index in [9.17, 15) is 19.5 Å². The summed E-state index contributed by atoms with van der Waals surface area (Å²) in [6.45, 7) is 9.93. The topological polar surface area (TPSA) is 121 Å². The zero-order valence-electron chi connectivity index (χ0n) is 31.0. The molecule has 2 heterocycles. The summed E-state index contributed by atoms with van der Waals surface area (Å²) in [5.41, 5.74) is 4.00. The molecule has 0 bridgehead atoms. The fraction of sp³-hybridized carbons (Fsp3) is 0.548. The highest BCUT2D eigenvalue weighted by molar-refractivity contribution is 7.14. The van der Waals surface area contributed by atoms with E-state index in [2.05, 4.69) is 44.4 Å². The van der Waals surface area contributed by atoms with Crippen LogP contribution < -0.4 is 10.6 Å². The van der Waals surface area contributed by atoms with E-state index in [0.717, 1.165) is 52.2 Å². The minimum Gasteiger partial charge on any atom is -0.480 e. The molecule has 2 aliphatic carbocycles. The number of carboxylic acid groups (broad SMARTS) is 1. The Labute approximate surface area is 308 Å². The van der Waals surface area contributed by atoms with Crippen molar-refractivity contribution < 1.29 is 19.5 Å². The van der Waals surface area contributed by atoms with Crippen LogP contribution in [0, 0.1) is 17.8 Å². The Kier molecular flexibility index (Phi) is 13.2. The van der Waals surface area contributed by atoms with Crippen molar-refractivity contribution in [1.82, 2.24) is 20.6 Å². The average molecular weight is 713 g/mol. The first kappa shape index (κ1) is 38.4. The van der Waals surface area contributed by atoms with E-state index in [4.69, 9.17) is 9.97 Å². The number of hydrogen-bond donors (Lipinski definition) is 3. The highest BCUT2D eigenvalue weighted by atomic mass is 32.1. The molecule has 0 spiro atoms. The predicted octanol–water partition coefficient (Wildman–Crippen LogP) is 9.00. The van der Waals surface area contributed by atoms with Crippen molar-refractivity contribution >= 4 is 34.7 Å². The molecule has 1 aromatic carbocycles. The van der Waals surface area contributed by atoms with E-state index in [1.807, 2.05) is 42.7 Å². The molecule has 3 N–H and O–H groups in total. The van der Waals surface area contributed by atoms with Crippen LogP contribution in [0.5, 0.6) is 0 Å². The van der Waals surface area contributed by atoms with Gasteiger partial charge in [-0.2, -0.15) is 0 Å². The molecule has 2 aliphatic rings. The van der Waals surface area contributed by atoms with Gasteiger partial charge in [0.15, 0.2) is 5.82 Å². The maximum atomic E-state index is 13.2. The summed E-state index contributed by atoms with van der Waals surface area (Å²) in [5.74, 6) is 1.20. The number of benzene rings is 1. The largest absolute Gasteiger partial charge is 0.480 e. The summed E-state index contributed by atoms with van der Waals surface area (Å²) in [5, 5.41) is 14.7. The van der Waals surface area contributed by atoms with Gasteiger partial charge in [-0.25, -0.2) is 9.97 Å². The Hall–Kier alpha value is -3.85. The van der Waals surface area contributed by atoms with E-state index < -0.39 is 24.0 Å². The van der Waals surface area contributed by atoms with Gasteiger partial charge in [-0.05, 0) is 85.5 Å². The molecule has 9 heteroatoms. The molecule has 3 aromatic rings. The van der Waals surface area contributed by atoms with Gasteiger partial charge in [-0.15, -0.1) is 11.3 Å². The second-order valence-electron chi connectivity index (χ2n) is 15.7.